The van der Waals surface area contributed by atoms with Crippen LogP contribution in [0.4, 0.5) is 0 Å². The molecule has 0 radical (unpaired) electrons. The zero-order valence-corrected chi connectivity index (χ0v) is 18.3. The third-order valence-corrected chi connectivity index (χ3v) is 6.78. The monoisotopic (exact) mass is 426 g/mol. The van der Waals surface area contributed by atoms with E-state index in [2.05, 4.69) is 31.0 Å². The Morgan fingerprint density at radius 3 is 2.53 bits per heavy atom. The van der Waals surface area contributed by atoms with Crippen LogP contribution in [0.1, 0.15) is 26.2 Å². The van der Waals surface area contributed by atoms with Crippen molar-refractivity contribution in [3.05, 3.63) is 96.7 Å². The molecule has 1 aliphatic carbocycles. The summed E-state index contributed by atoms with van der Waals surface area (Å²) in [6.07, 6.45) is 15.8. The first kappa shape index (κ1) is 23.6. The lowest BCUT2D eigenvalue weighted by Gasteiger charge is -2.34. The Labute approximate surface area is 180 Å². The molecule has 1 aliphatic heterocycles. The quantitative estimate of drug-likeness (QED) is 0.589. The van der Waals surface area contributed by atoms with Crippen LogP contribution in [0.25, 0.3) is 0 Å². The van der Waals surface area contributed by atoms with Crippen molar-refractivity contribution in [2.24, 2.45) is 5.92 Å². The highest BCUT2D eigenvalue weighted by atomic mass is 32.2. The van der Waals surface area contributed by atoms with Crippen LogP contribution in [-0.4, -0.2) is 31.8 Å². The maximum Gasteiger partial charge on any atom is 0.242 e. The number of likely N-dealkylation sites (tertiary alicyclic amines) is 1. The number of hydrogen-bond acceptors (Lipinski definition) is 3. The predicted octanol–water partition coefficient (Wildman–Crippen LogP) is 4.30. The molecule has 6 heteroatoms. The van der Waals surface area contributed by atoms with E-state index in [1.165, 1.54) is 17.7 Å². The van der Waals surface area contributed by atoms with Gasteiger partial charge in [-0.2, -0.15) is 0 Å². The molecule has 0 aromatic rings. The van der Waals surface area contributed by atoms with E-state index < -0.39 is 10.0 Å². The van der Waals surface area contributed by atoms with E-state index >= 15 is 0 Å². The van der Waals surface area contributed by atoms with Crippen LogP contribution >= 0.6 is 0 Å². The number of rotatable bonds is 8. The van der Waals surface area contributed by atoms with Gasteiger partial charge < -0.3 is 4.90 Å². The zero-order chi connectivity index (χ0) is 22.3. The predicted molar refractivity (Wildman–Crippen MR) is 124 cm³/mol. The fraction of sp³-hybridized carbons (Fsp3) is 0.292. The number of fused-ring (bicyclic) bond motifs is 1. The lowest BCUT2D eigenvalue weighted by molar-refractivity contribution is -0.129. The van der Waals surface area contributed by atoms with Crippen LogP contribution in [0, 0.1) is 5.92 Å². The maximum atomic E-state index is 13.0. The number of nitrogens with one attached hydrogen (secondary N) is 1. The standard InChI is InChI=1S/C24H30N2O3S/c1-6-10-13-20(9-4)30(28,29)25-17-24(27)26-18(5)16-22-21(12-8-3)19(11-7-2)14-15-23(22)26/h6-13,22-23,25H,2-5,14-17H2,1H3/b10-6-,19-11-,20-13+,21-12+. The smallest absolute Gasteiger partial charge is 0.242 e. The van der Waals surface area contributed by atoms with Gasteiger partial charge in [0.25, 0.3) is 0 Å². The van der Waals surface area contributed by atoms with E-state index in [1.54, 1.807) is 36.1 Å². The van der Waals surface area contributed by atoms with Crippen molar-refractivity contribution in [3.63, 3.8) is 0 Å². The van der Waals surface area contributed by atoms with Crippen molar-refractivity contribution in [3.8, 4) is 0 Å². The van der Waals surface area contributed by atoms with Crippen LogP contribution in [-0.2, 0) is 14.8 Å². The molecule has 1 N–H and O–H groups in total. The SMILES string of the molecule is C=C/C=C1/CCC2C(CC(=C)N2C(=O)CNS(=O)(=O)/C(C=C)=C/C=C\C)/C1=C/C=C. The molecule has 2 atom stereocenters. The molecule has 1 heterocycles. The summed E-state index contributed by atoms with van der Waals surface area (Å²) in [7, 11) is -3.83. The minimum atomic E-state index is -3.83. The molecule has 5 nitrogen and oxygen atoms in total. The van der Waals surface area contributed by atoms with Crippen molar-refractivity contribution in [1.29, 1.82) is 0 Å². The first-order valence-electron chi connectivity index (χ1n) is 9.90. The molecule has 0 spiro atoms. The molecule has 160 valence electrons. The van der Waals surface area contributed by atoms with E-state index in [9.17, 15) is 13.2 Å². The molecule has 0 bridgehead atoms. The molecule has 2 rings (SSSR count). The van der Waals surface area contributed by atoms with Crippen LogP contribution in [0.3, 0.4) is 0 Å². The second-order valence-electron chi connectivity index (χ2n) is 7.16. The Hall–Kier alpha value is -2.70. The number of sulfonamides is 1. The zero-order valence-electron chi connectivity index (χ0n) is 17.5. The highest BCUT2D eigenvalue weighted by molar-refractivity contribution is 7.93. The van der Waals surface area contributed by atoms with Gasteiger partial charge in [0.05, 0.1) is 11.4 Å². The fourth-order valence-corrected chi connectivity index (χ4v) is 5.02. The van der Waals surface area contributed by atoms with Gasteiger partial charge in [-0.1, -0.05) is 62.8 Å². The third kappa shape index (κ3) is 5.07. The van der Waals surface area contributed by atoms with Gasteiger partial charge >= 0.3 is 0 Å². The summed E-state index contributed by atoms with van der Waals surface area (Å²) >= 11 is 0. The lowest BCUT2D eigenvalue weighted by Crippen LogP contribution is -2.44. The van der Waals surface area contributed by atoms with Crippen molar-refractivity contribution < 1.29 is 13.2 Å². The molecule has 0 aromatic heterocycles. The molecular weight excluding hydrogens is 396 g/mol. The topological polar surface area (TPSA) is 66.5 Å². The number of hydrogen-bond donors (Lipinski definition) is 1. The van der Waals surface area contributed by atoms with Crippen molar-refractivity contribution >= 4 is 15.9 Å². The molecule has 0 aromatic carbocycles. The highest BCUT2D eigenvalue weighted by Gasteiger charge is 2.44. The van der Waals surface area contributed by atoms with Crippen LogP contribution < -0.4 is 4.72 Å². The van der Waals surface area contributed by atoms with Crippen molar-refractivity contribution in [2.75, 3.05) is 6.54 Å². The van der Waals surface area contributed by atoms with E-state index in [1.807, 2.05) is 12.2 Å². The first-order chi connectivity index (χ1) is 14.3. The molecule has 2 unspecified atom stereocenters. The second-order valence-corrected chi connectivity index (χ2v) is 8.92. The first-order valence-corrected chi connectivity index (χ1v) is 11.4. The molecule has 2 aliphatic rings. The summed E-state index contributed by atoms with van der Waals surface area (Å²) < 4.78 is 27.4. The molecule has 1 amide bonds. The van der Waals surface area contributed by atoms with Gasteiger partial charge in [0.2, 0.25) is 15.9 Å². The van der Waals surface area contributed by atoms with Crippen LogP contribution in [0.5, 0.6) is 0 Å². The Balaban J connectivity index is 2.20. The summed E-state index contributed by atoms with van der Waals surface area (Å²) in [6, 6.07) is -0.0416. The van der Waals surface area contributed by atoms with Gasteiger partial charge in [-0.25, -0.2) is 13.1 Å². The number of amides is 1. The van der Waals surface area contributed by atoms with E-state index in [4.69, 9.17) is 0 Å². The molecule has 1 saturated heterocycles. The van der Waals surface area contributed by atoms with Gasteiger partial charge in [-0.05, 0) is 49.5 Å². The maximum absolute atomic E-state index is 13.0. The molecular formula is C24H30N2O3S. The second kappa shape index (κ2) is 10.4. The van der Waals surface area contributed by atoms with Gasteiger partial charge in [0.1, 0.15) is 0 Å². The minimum Gasteiger partial charge on any atom is -0.312 e. The fourth-order valence-electron chi connectivity index (χ4n) is 4.06. The Kier molecular flexibility index (Phi) is 8.15. The molecule has 2 fully saturated rings. The normalized spacial score (nSPS) is 25.0. The highest BCUT2D eigenvalue weighted by Crippen LogP contribution is 2.46. The van der Waals surface area contributed by atoms with E-state index in [0.717, 1.165) is 18.4 Å². The number of carbonyl (C=O) groups excluding carboxylic acids is 1. The summed E-state index contributed by atoms with van der Waals surface area (Å²) in [5.41, 5.74) is 3.04. The molecule has 1 saturated carbocycles. The third-order valence-electron chi connectivity index (χ3n) is 5.34. The van der Waals surface area contributed by atoms with Crippen LogP contribution in [0.2, 0.25) is 0 Å². The number of allylic oxidation sites excluding steroid dienone is 10. The average Bonchev–Trinajstić information content (AvgIpc) is 3.05. The van der Waals surface area contributed by atoms with E-state index in [0.29, 0.717) is 12.1 Å². The Morgan fingerprint density at radius 1 is 1.23 bits per heavy atom. The van der Waals surface area contributed by atoms with Gasteiger partial charge in [-0.15, -0.1) is 0 Å². The summed E-state index contributed by atoms with van der Waals surface area (Å²) in [5.74, 6) is -0.186. The van der Waals surface area contributed by atoms with Gasteiger partial charge in [0, 0.05) is 17.7 Å². The Morgan fingerprint density at radius 2 is 1.93 bits per heavy atom. The average molecular weight is 427 g/mol. The Bertz CT molecular complexity index is 964. The van der Waals surface area contributed by atoms with Crippen LogP contribution in [0.15, 0.2) is 96.7 Å². The number of carbonyl (C=O) groups is 1. The largest absolute Gasteiger partial charge is 0.312 e. The van der Waals surface area contributed by atoms with E-state index in [-0.39, 0.29) is 29.3 Å². The minimum absolute atomic E-state index is 0.0135. The van der Waals surface area contributed by atoms with Gasteiger partial charge in [-0.3, -0.25) is 4.79 Å². The summed E-state index contributed by atoms with van der Waals surface area (Å²) in [6.45, 7) is 16.7. The van der Waals surface area contributed by atoms with Crippen molar-refractivity contribution in [2.45, 2.75) is 32.2 Å². The van der Waals surface area contributed by atoms with Gasteiger partial charge in [0.15, 0.2) is 0 Å². The lowest BCUT2D eigenvalue weighted by atomic mass is 9.77. The number of nitrogens with zero attached hydrogens (tertiary/aromatic N) is 1. The summed E-state index contributed by atoms with van der Waals surface area (Å²) in [4.78, 5) is 14.6. The molecule has 30 heavy (non-hydrogen) atoms. The summed E-state index contributed by atoms with van der Waals surface area (Å²) in [5, 5.41) is 0. The van der Waals surface area contributed by atoms with Crippen molar-refractivity contribution in [1.82, 2.24) is 9.62 Å².